The van der Waals surface area contributed by atoms with E-state index >= 15 is 0 Å². The molecule has 3 amide bonds. The normalized spacial score (nSPS) is 14.0. The van der Waals surface area contributed by atoms with Crippen molar-refractivity contribution in [2.75, 3.05) is 11.9 Å². The first-order chi connectivity index (χ1) is 13.8. The molecular weight excluding hydrogens is 396 g/mol. The van der Waals surface area contributed by atoms with Crippen molar-refractivity contribution in [3.8, 4) is 0 Å². The number of halogens is 1. The molecule has 3 rings (SSSR count). The van der Waals surface area contributed by atoms with E-state index in [1.54, 1.807) is 50.2 Å². The van der Waals surface area contributed by atoms with Gasteiger partial charge in [-0.2, -0.15) is 0 Å². The van der Waals surface area contributed by atoms with E-state index in [2.05, 4.69) is 5.32 Å². The van der Waals surface area contributed by atoms with Crippen molar-refractivity contribution in [2.24, 2.45) is 5.92 Å². The van der Waals surface area contributed by atoms with Gasteiger partial charge in [-0.3, -0.25) is 19.3 Å². The van der Waals surface area contributed by atoms with Crippen LogP contribution in [-0.2, 0) is 14.3 Å². The molecule has 2 aromatic carbocycles. The summed E-state index contributed by atoms with van der Waals surface area (Å²) in [4.78, 5) is 51.0. The topological polar surface area (TPSA) is 92.8 Å². The lowest BCUT2D eigenvalue weighted by atomic mass is 10.0. The molecule has 7 nitrogen and oxygen atoms in total. The molecule has 0 saturated carbocycles. The maximum absolute atomic E-state index is 12.7. The van der Waals surface area contributed by atoms with Crippen LogP contribution in [0, 0.1) is 5.92 Å². The lowest BCUT2D eigenvalue weighted by Gasteiger charge is -2.27. The molecule has 0 spiro atoms. The highest BCUT2D eigenvalue weighted by Crippen LogP contribution is 2.27. The predicted molar refractivity (Wildman–Crippen MR) is 107 cm³/mol. The van der Waals surface area contributed by atoms with Crippen LogP contribution in [0.3, 0.4) is 0 Å². The Morgan fingerprint density at radius 2 is 1.55 bits per heavy atom. The van der Waals surface area contributed by atoms with E-state index in [0.29, 0.717) is 10.7 Å². The molecule has 0 aromatic heterocycles. The summed E-state index contributed by atoms with van der Waals surface area (Å²) >= 11 is 5.98. The number of nitrogens with one attached hydrogen (secondary N) is 1. The molecule has 8 heteroatoms. The third-order valence-electron chi connectivity index (χ3n) is 4.47. The maximum atomic E-state index is 12.7. The first-order valence-corrected chi connectivity index (χ1v) is 9.37. The molecule has 29 heavy (non-hydrogen) atoms. The highest BCUT2D eigenvalue weighted by molar-refractivity contribution is 6.33. The summed E-state index contributed by atoms with van der Waals surface area (Å²) in [5.41, 5.74) is 0.871. The number of hydrogen-bond donors (Lipinski definition) is 1. The molecule has 0 aliphatic carbocycles. The van der Waals surface area contributed by atoms with Gasteiger partial charge in [-0.25, -0.2) is 4.79 Å². The molecule has 2 aromatic rings. The quantitative estimate of drug-likeness (QED) is 0.579. The number of rotatable bonds is 6. The summed E-state index contributed by atoms with van der Waals surface area (Å²) in [6.07, 6.45) is 0. The number of benzene rings is 2. The van der Waals surface area contributed by atoms with Crippen LogP contribution >= 0.6 is 11.6 Å². The Balaban J connectivity index is 1.69. The minimum Gasteiger partial charge on any atom is -0.454 e. The summed E-state index contributed by atoms with van der Waals surface area (Å²) in [7, 11) is 0. The number of amides is 3. The number of imide groups is 1. The Bertz CT molecular complexity index is 954. The number of nitrogens with zero attached hydrogens (tertiary/aromatic N) is 1. The van der Waals surface area contributed by atoms with Gasteiger partial charge in [0.1, 0.15) is 6.04 Å². The molecular formula is C21H19ClN2O5. The van der Waals surface area contributed by atoms with E-state index in [1.165, 1.54) is 12.1 Å². The van der Waals surface area contributed by atoms with Crippen molar-refractivity contribution in [1.29, 1.82) is 0 Å². The van der Waals surface area contributed by atoms with E-state index in [0.717, 1.165) is 4.90 Å². The third-order valence-corrected chi connectivity index (χ3v) is 4.80. The highest BCUT2D eigenvalue weighted by Gasteiger charge is 2.44. The molecule has 1 aliphatic rings. The van der Waals surface area contributed by atoms with Gasteiger partial charge in [-0.15, -0.1) is 0 Å². The number of carbonyl (C=O) groups is 4. The third kappa shape index (κ3) is 4.14. The number of fused-ring (bicyclic) bond motifs is 1. The van der Waals surface area contributed by atoms with Gasteiger partial charge in [0, 0.05) is 0 Å². The number of para-hydroxylation sites is 1. The first-order valence-electron chi connectivity index (χ1n) is 8.99. The average Bonchev–Trinajstić information content (AvgIpc) is 2.94. The number of carbonyl (C=O) groups excluding carboxylic acids is 4. The lowest BCUT2D eigenvalue weighted by Crippen LogP contribution is -2.49. The van der Waals surface area contributed by atoms with Crippen LogP contribution < -0.4 is 5.32 Å². The molecule has 0 saturated heterocycles. The average molecular weight is 415 g/mol. The predicted octanol–water partition coefficient (Wildman–Crippen LogP) is 3.14. The monoisotopic (exact) mass is 414 g/mol. The Hall–Kier alpha value is -3.19. The SMILES string of the molecule is CC(C)[C@H](C(=O)OCC(=O)Nc1ccccc1Cl)N1C(=O)c2ccccc2C1=O. The second kappa shape index (κ2) is 8.45. The molecule has 1 aliphatic heterocycles. The van der Waals surface area contributed by atoms with Crippen LogP contribution in [0.4, 0.5) is 5.69 Å². The smallest absolute Gasteiger partial charge is 0.330 e. The Kier molecular flexibility index (Phi) is 5.98. The van der Waals surface area contributed by atoms with Gasteiger partial charge in [-0.1, -0.05) is 49.7 Å². The summed E-state index contributed by atoms with van der Waals surface area (Å²) in [6.45, 7) is 2.81. The van der Waals surface area contributed by atoms with Crippen LogP contribution in [0.5, 0.6) is 0 Å². The van der Waals surface area contributed by atoms with Crippen molar-refractivity contribution >= 4 is 41.0 Å². The molecule has 1 N–H and O–H groups in total. The van der Waals surface area contributed by atoms with Crippen LogP contribution in [0.15, 0.2) is 48.5 Å². The van der Waals surface area contributed by atoms with Crippen molar-refractivity contribution < 1.29 is 23.9 Å². The van der Waals surface area contributed by atoms with E-state index < -0.39 is 42.3 Å². The second-order valence-electron chi connectivity index (χ2n) is 6.85. The molecule has 0 fully saturated rings. The van der Waals surface area contributed by atoms with Gasteiger partial charge in [0.25, 0.3) is 17.7 Å². The molecule has 0 bridgehead atoms. The van der Waals surface area contributed by atoms with Gasteiger partial charge in [0.05, 0.1) is 21.8 Å². The van der Waals surface area contributed by atoms with Crippen molar-refractivity contribution in [3.05, 3.63) is 64.7 Å². The fourth-order valence-corrected chi connectivity index (χ4v) is 3.29. The fraction of sp³-hybridized carbons (Fsp3) is 0.238. The van der Waals surface area contributed by atoms with Gasteiger partial charge < -0.3 is 10.1 Å². The van der Waals surface area contributed by atoms with Gasteiger partial charge in [-0.05, 0) is 30.2 Å². The Labute approximate surface area is 172 Å². The number of anilines is 1. The Morgan fingerprint density at radius 1 is 1.00 bits per heavy atom. The summed E-state index contributed by atoms with van der Waals surface area (Å²) < 4.78 is 5.11. The maximum Gasteiger partial charge on any atom is 0.330 e. The Morgan fingerprint density at radius 3 is 2.10 bits per heavy atom. The van der Waals surface area contributed by atoms with Crippen LogP contribution in [0.25, 0.3) is 0 Å². The molecule has 150 valence electrons. The lowest BCUT2D eigenvalue weighted by molar-refractivity contribution is -0.152. The molecule has 1 heterocycles. The summed E-state index contributed by atoms with van der Waals surface area (Å²) in [5, 5.41) is 2.88. The zero-order chi connectivity index (χ0) is 21.1. The second-order valence-corrected chi connectivity index (χ2v) is 7.26. The fourth-order valence-electron chi connectivity index (χ4n) is 3.11. The molecule has 1 atom stereocenters. The zero-order valence-corrected chi connectivity index (χ0v) is 16.6. The van der Waals surface area contributed by atoms with Gasteiger partial charge in [0.15, 0.2) is 6.61 Å². The number of esters is 1. The molecule has 0 radical (unpaired) electrons. The summed E-state index contributed by atoms with van der Waals surface area (Å²) in [6, 6.07) is 11.9. The van der Waals surface area contributed by atoms with E-state index in [-0.39, 0.29) is 11.1 Å². The van der Waals surface area contributed by atoms with Crippen LogP contribution in [-0.4, -0.2) is 41.2 Å². The molecule has 0 unspecified atom stereocenters. The van der Waals surface area contributed by atoms with Gasteiger partial charge >= 0.3 is 5.97 Å². The van der Waals surface area contributed by atoms with E-state index in [4.69, 9.17) is 16.3 Å². The van der Waals surface area contributed by atoms with Crippen molar-refractivity contribution in [2.45, 2.75) is 19.9 Å². The summed E-state index contributed by atoms with van der Waals surface area (Å²) in [5.74, 6) is -2.93. The first kappa shape index (κ1) is 20.5. The number of ether oxygens (including phenoxy) is 1. The number of hydrogen-bond acceptors (Lipinski definition) is 5. The van der Waals surface area contributed by atoms with Crippen LogP contribution in [0.2, 0.25) is 5.02 Å². The minimum absolute atomic E-state index is 0.243. The van der Waals surface area contributed by atoms with Crippen molar-refractivity contribution in [1.82, 2.24) is 4.90 Å². The highest BCUT2D eigenvalue weighted by atomic mass is 35.5. The standard InChI is InChI=1S/C21H19ClN2O5/c1-12(2)18(24-19(26)13-7-3-4-8-14(13)20(24)27)21(28)29-11-17(25)23-16-10-6-5-9-15(16)22/h3-10,12,18H,11H2,1-2H3,(H,23,25)/t18-/m1/s1. The van der Waals surface area contributed by atoms with Gasteiger partial charge in [0.2, 0.25) is 0 Å². The zero-order valence-electron chi connectivity index (χ0n) is 15.8. The van der Waals surface area contributed by atoms with Crippen molar-refractivity contribution in [3.63, 3.8) is 0 Å². The van der Waals surface area contributed by atoms with E-state index in [1.807, 2.05) is 0 Å². The minimum atomic E-state index is -1.14. The van der Waals surface area contributed by atoms with Crippen LogP contribution in [0.1, 0.15) is 34.6 Å². The largest absolute Gasteiger partial charge is 0.454 e. The van der Waals surface area contributed by atoms with E-state index in [9.17, 15) is 19.2 Å².